The van der Waals surface area contributed by atoms with Gasteiger partial charge < -0.3 is 4.74 Å². The van der Waals surface area contributed by atoms with Crippen molar-refractivity contribution in [2.24, 2.45) is 0 Å². The molecule has 0 saturated carbocycles. The fourth-order valence-electron chi connectivity index (χ4n) is 1.00. The first-order valence-corrected chi connectivity index (χ1v) is 3.16. The third-order valence-electron chi connectivity index (χ3n) is 1.82. The molecule has 4 heteroatoms. The van der Waals surface area contributed by atoms with Gasteiger partial charge in [0, 0.05) is 6.61 Å². The van der Waals surface area contributed by atoms with E-state index in [1.54, 1.807) is 0 Å². The Kier molecular flexibility index (Phi) is 1.66. The Labute approximate surface area is 57.2 Å². The molecule has 60 valence electrons. The summed E-state index contributed by atoms with van der Waals surface area (Å²) in [5.74, 6) is 0. The zero-order valence-electron chi connectivity index (χ0n) is 5.66. The second-order valence-corrected chi connectivity index (χ2v) is 2.68. The minimum absolute atomic E-state index is 0.0938. The van der Waals surface area contributed by atoms with E-state index >= 15 is 0 Å². The SMILES string of the molecule is CC1(C(F)(F)F)CCCO1. The molecule has 1 rings (SSSR count). The predicted octanol–water partition coefficient (Wildman–Crippen LogP) is 2.12. The van der Waals surface area contributed by atoms with E-state index in [4.69, 9.17) is 0 Å². The lowest BCUT2D eigenvalue weighted by atomic mass is 10.0. The van der Waals surface area contributed by atoms with Crippen LogP contribution in [0.2, 0.25) is 0 Å². The van der Waals surface area contributed by atoms with Gasteiger partial charge in [0.1, 0.15) is 0 Å². The van der Waals surface area contributed by atoms with Crippen LogP contribution >= 0.6 is 0 Å². The molecule has 0 aromatic rings. The second kappa shape index (κ2) is 2.12. The maximum atomic E-state index is 12.0. The summed E-state index contributed by atoms with van der Waals surface area (Å²) in [5, 5.41) is 0. The Morgan fingerprint density at radius 2 is 2.00 bits per heavy atom. The number of halogens is 3. The van der Waals surface area contributed by atoms with E-state index in [0.717, 1.165) is 6.92 Å². The summed E-state index contributed by atoms with van der Waals surface area (Å²) >= 11 is 0. The molecule has 0 spiro atoms. The average molecular weight is 154 g/mol. The van der Waals surface area contributed by atoms with Crippen molar-refractivity contribution in [3.8, 4) is 0 Å². The van der Waals surface area contributed by atoms with Crippen molar-refractivity contribution in [3.05, 3.63) is 0 Å². The third-order valence-corrected chi connectivity index (χ3v) is 1.82. The minimum Gasteiger partial charge on any atom is -0.366 e. The van der Waals surface area contributed by atoms with Gasteiger partial charge in [0.25, 0.3) is 0 Å². The van der Waals surface area contributed by atoms with Crippen molar-refractivity contribution in [1.82, 2.24) is 0 Å². The van der Waals surface area contributed by atoms with E-state index in [1.807, 2.05) is 0 Å². The van der Waals surface area contributed by atoms with Gasteiger partial charge in [0.05, 0.1) is 0 Å². The normalized spacial score (nSPS) is 34.8. The lowest BCUT2D eigenvalue weighted by molar-refractivity contribution is -0.255. The Balaban J connectivity index is 2.67. The van der Waals surface area contributed by atoms with Crippen LogP contribution in [0.25, 0.3) is 0 Å². The van der Waals surface area contributed by atoms with Crippen molar-refractivity contribution in [2.45, 2.75) is 31.5 Å². The maximum absolute atomic E-state index is 12.0. The van der Waals surface area contributed by atoms with Crippen LogP contribution < -0.4 is 0 Å². The zero-order valence-corrected chi connectivity index (χ0v) is 5.66. The zero-order chi connectivity index (χ0) is 7.83. The number of rotatable bonds is 0. The number of ether oxygens (including phenoxy) is 1. The van der Waals surface area contributed by atoms with E-state index in [1.165, 1.54) is 0 Å². The van der Waals surface area contributed by atoms with Gasteiger partial charge in [0.15, 0.2) is 5.60 Å². The van der Waals surface area contributed by atoms with E-state index in [2.05, 4.69) is 4.74 Å². The summed E-state index contributed by atoms with van der Waals surface area (Å²) in [5.41, 5.74) is -1.87. The van der Waals surface area contributed by atoms with Crippen LogP contribution in [0.1, 0.15) is 19.8 Å². The molecule has 1 fully saturated rings. The molecule has 0 N–H and O–H groups in total. The highest BCUT2D eigenvalue weighted by Gasteiger charge is 2.53. The van der Waals surface area contributed by atoms with Crippen LogP contribution in [0.15, 0.2) is 0 Å². The molecule has 1 heterocycles. The van der Waals surface area contributed by atoms with Crippen molar-refractivity contribution in [2.75, 3.05) is 6.61 Å². The van der Waals surface area contributed by atoms with E-state index in [9.17, 15) is 13.2 Å². The Hall–Kier alpha value is -0.250. The molecule has 1 unspecified atom stereocenters. The van der Waals surface area contributed by atoms with Crippen LogP contribution in [-0.4, -0.2) is 18.4 Å². The molecule has 1 aliphatic rings. The quantitative estimate of drug-likeness (QED) is 0.519. The molecule has 1 nitrogen and oxygen atoms in total. The van der Waals surface area contributed by atoms with Gasteiger partial charge in [-0.05, 0) is 19.8 Å². The Bertz CT molecular complexity index is 123. The molecule has 0 aromatic carbocycles. The molecule has 0 bridgehead atoms. The van der Waals surface area contributed by atoms with Gasteiger partial charge >= 0.3 is 6.18 Å². The summed E-state index contributed by atoms with van der Waals surface area (Å²) in [4.78, 5) is 0. The third kappa shape index (κ3) is 1.12. The fourth-order valence-corrected chi connectivity index (χ4v) is 1.00. The van der Waals surface area contributed by atoms with E-state index in [0.29, 0.717) is 6.42 Å². The van der Waals surface area contributed by atoms with E-state index < -0.39 is 11.8 Å². The highest BCUT2D eigenvalue weighted by atomic mass is 19.4. The number of hydrogen-bond acceptors (Lipinski definition) is 1. The van der Waals surface area contributed by atoms with Crippen LogP contribution in [-0.2, 0) is 4.74 Å². The first-order chi connectivity index (χ1) is 4.46. The standard InChI is InChI=1S/C6H9F3O/c1-5(6(7,8)9)3-2-4-10-5/h2-4H2,1H3. The summed E-state index contributed by atoms with van der Waals surface area (Å²) < 4.78 is 40.6. The van der Waals surface area contributed by atoms with Crippen molar-refractivity contribution >= 4 is 0 Å². The molecule has 1 aliphatic heterocycles. The largest absolute Gasteiger partial charge is 0.417 e. The van der Waals surface area contributed by atoms with Gasteiger partial charge in [-0.2, -0.15) is 13.2 Å². The Morgan fingerprint density at radius 3 is 2.20 bits per heavy atom. The minimum atomic E-state index is -4.20. The molecular weight excluding hydrogens is 145 g/mol. The molecule has 10 heavy (non-hydrogen) atoms. The lowest BCUT2D eigenvalue weighted by Gasteiger charge is -2.25. The molecule has 1 saturated heterocycles. The summed E-state index contributed by atoms with van der Waals surface area (Å²) in [7, 11) is 0. The van der Waals surface area contributed by atoms with Crippen molar-refractivity contribution in [1.29, 1.82) is 0 Å². The van der Waals surface area contributed by atoms with Crippen LogP contribution in [0.5, 0.6) is 0 Å². The number of alkyl halides is 3. The van der Waals surface area contributed by atoms with Gasteiger partial charge in [-0.15, -0.1) is 0 Å². The first-order valence-electron chi connectivity index (χ1n) is 3.16. The van der Waals surface area contributed by atoms with Crippen LogP contribution in [0.3, 0.4) is 0 Å². The average Bonchev–Trinajstić information content (AvgIpc) is 2.13. The van der Waals surface area contributed by atoms with Gasteiger partial charge in [-0.1, -0.05) is 0 Å². The van der Waals surface area contributed by atoms with Crippen molar-refractivity contribution < 1.29 is 17.9 Å². The van der Waals surface area contributed by atoms with Crippen LogP contribution in [0.4, 0.5) is 13.2 Å². The molecule has 0 aromatic heterocycles. The van der Waals surface area contributed by atoms with E-state index in [-0.39, 0.29) is 13.0 Å². The highest BCUT2D eigenvalue weighted by molar-refractivity contribution is 4.87. The summed E-state index contributed by atoms with van der Waals surface area (Å²) in [6, 6.07) is 0. The molecule has 0 radical (unpaired) electrons. The first kappa shape index (κ1) is 7.85. The smallest absolute Gasteiger partial charge is 0.366 e. The maximum Gasteiger partial charge on any atom is 0.417 e. The Morgan fingerprint density at radius 1 is 1.40 bits per heavy atom. The van der Waals surface area contributed by atoms with Crippen LogP contribution in [0, 0.1) is 0 Å². The van der Waals surface area contributed by atoms with Gasteiger partial charge in [-0.3, -0.25) is 0 Å². The summed E-state index contributed by atoms with van der Waals surface area (Å²) in [6.45, 7) is 1.33. The monoisotopic (exact) mass is 154 g/mol. The fraction of sp³-hybridized carbons (Fsp3) is 1.00. The molecular formula is C6H9F3O. The number of hydrogen-bond donors (Lipinski definition) is 0. The second-order valence-electron chi connectivity index (χ2n) is 2.68. The topological polar surface area (TPSA) is 9.23 Å². The highest BCUT2D eigenvalue weighted by Crippen LogP contribution is 2.40. The molecule has 0 aliphatic carbocycles. The molecule has 0 amide bonds. The van der Waals surface area contributed by atoms with Gasteiger partial charge in [-0.25, -0.2) is 0 Å². The lowest BCUT2D eigenvalue weighted by Crippen LogP contribution is -2.41. The molecule has 1 atom stereocenters. The van der Waals surface area contributed by atoms with Crippen molar-refractivity contribution in [3.63, 3.8) is 0 Å². The van der Waals surface area contributed by atoms with Gasteiger partial charge in [0.2, 0.25) is 0 Å². The predicted molar refractivity (Wildman–Crippen MR) is 29.6 cm³/mol. The summed E-state index contributed by atoms with van der Waals surface area (Å²) in [6.07, 6.45) is -3.60.